The van der Waals surface area contributed by atoms with E-state index in [-0.39, 0.29) is 5.91 Å². The maximum Gasteiger partial charge on any atom is 0.235 e. The number of nitrogens with one attached hydrogen (secondary N) is 1. The van der Waals surface area contributed by atoms with Crippen LogP contribution in [0.15, 0.2) is 17.5 Å². The molecule has 1 aliphatic heterocycles. The van der Waals surface area contributed by atoms with Crippen molar-refractivity contribution < 1.29 is 4.79 Å². The third-order valence-electron chi connectivity index (χ3n) is 4.63. The van der Waals surface area contributed by atoms with Crippen LogP contribution in [-0.2, 0) is 4.79 Å². The van der Waals surface area contributed by atoms with Crippen LogP contribution < -0.4 is 5.32 Å². The first-order chi connectivity index (χ1) is 10.2. The fourth-order valence-electron chi connectivity index (χ4n) is 3.55. The molecule has 112 valence electrons. The lowest BCUT2D eigenvalue weighted by Gasteiger charge is -2.26. The Kier molecular flexibility index (Phi) is 4.27. The largest absolute Gasteiger partial charge is 0.337 e. The summed E-state index contributed by atoms with van der Waals surface area (Å²) in [6.07, 6.45) is 5.92. The molecular formula is C16H21N3OS. The number of hydrogen-bond acceptors (Lipinski definition) is 4. The quantitative estimate of drug-likeness (QED) is 0.930. The van der Waals surface area contributed by atoms with Gasteiger partial charge in [0.2, 0.25) is 5.91 Å². The number of nitriles is 1. The zero-order valence-corrected chi connectivity index (χ0v) is 13.0. The number of nitrogens with zero attached hydrogens (tertiary/aromatic N) is 2. The summed E-state index contributed by atoms with van der Waals surface area (Å²) >= 11 is 1.76. The molecule has 0 bridgehead atoms. The lowest BCUT2D eigenvalue weighted by molar-refractivity contribution is -0.123. The van der Waals surface area contributed by atoms with Crippen LogP contribution in [0.3, 0.4) is 0 Å². The van der Waals surface area contributed by atoms with E-state index >= 15 is 0 Å². The maximum atomic E-state index is 12.3. The average Bonchev–Trinajstić information content (AvgIpc) is 3.19. The molecule has 2 fully saturated rings. The Morgan fingerprint density at radius 3 is 2.95 bits per heavy atom. The molecule has 2 heterocycles. The van der Waals surface area contributed by atoms with Gasteiger partial charge in [-0.25, -0.2) is 0 Å². The Hall–Kier alpha value is -1.38. The first kappa shape index (κ1) is 14.6. The summed E-state index contributed by atoms with van der Waals surface area (Å²) in [5.41, 5.74) is -0.602. The van der Waals surface area contributed by atoms with E-state index in [2.05, 4.69) is 33.8 Å². The van der Waals surface area contributed by atoms with Crippen LogP contribution in [0.1, 0.15) is 49.4 Å². The van der Waals surface area contributed by atoms with Crippen LogP contribution in [0.5, 0.6) is 0 Å². The first-order valence-corrected chi connectivity index (χ1v) is 8.60. The molecule has 2 aliphatic rings. The third-order valence-corrected chi connectivity index (χ3v) is 5.61. The topological polar surface area (TPSA) is 56.1 Å². The Morgan fingerprint density at radius 1 is 1.48 bits per heavy atom. The zero-order valence-electron chi connectivity index (χ0n) is 12.2. The normalized spacial score (nSPS) is 24.8. The molecule has 4 nitrogen and oxygen atoms in total. The Morgan fingerprint density at radius 2 is 2.29 bits per heavy atom. The van der Waals surface area contributed by atoms with Crippen molar-refractivity contribution >= 4 is 17.2 Å². The van der Waals surface area contributed by atoms with Crippen molar-refractivity contribution in [1.29, 1.82) is 5.26 Å². The Balaban J connectivity index is 1.61. The summed E-state index contributed by atoms with van der Waals surface area (Å²) in [4.78, 5) is 15.9. The van der Waals surface area contributed by atoms with Crippen LogP contribution in [0.25, 0.3) is 0 Å². The number of carbonyl (C=O) groups excluding carboxylic acids is 1. The van der Waals surface area contributed by atoms with Gasteiger partial charge in [0.15, 0.2) is 0 Å². The van der Waals surface area contributed by atoms with Crippen molar-refractivity contribution in [3.8, 4) is 6.07 Å². The van der Waals surface area contributed by atoms with Crippen molar-refractivity contribution in [3.05, 3.63) is 22.4 Å². The number of hydrogen-bond donors (Lipinski definition) is 1. The molecule has 5 heteroatoms. The van der Waals surface area contributed by atoms with E-state index in [0.29, 0.717) is 12.6 Å². The van der Waals surface area contributed by atoms with Gasteiger partial charge in [0.1, 0.15) is 5.54 Å². The smallest absolute Gasteiger partial charge is 0.235 e. The van der Waals surface area contributed by atoms with Gasteiger partial charge < -0.3 is 5.32 Å². The minimum Gasteiger partial charge on any atom is -0.337 e. The van der Waals surface area contributed by atoms with Gasteiger partial charge in [-0.1, -0.05) is 6.07 Å². The predicted octanol–water partition coefficient (Wildman–Crippen LogP) is 2.84. The SMILES string of the molecule is N#CC1(NC(=O)CN2CCC[C@@H]2c2cccs2)CCCC1. The van der Waals surface area contributed by atoms with Gasteiger partial charge in [-0.2, -0.15) is 5.26 Å². The molecule has 1 aromatic rings. The average molecular weight is 303 g/mol. The van der Waals surface area contributed by atoms with Crippen molar-refractivity contribution in [1.82, 2.24) is 10.2 Å². The number of carbonyl (C=O) groups is 1. The molecule has 3 rings (SSSR count). The van der Waals surface area contributed by atoms with Gasteiger partial charge in [0, 0.05) is 10.9 Å². The molecule has 1 atom stereocenters. The van der Waals surface area contributed by atoms with E-state index < -0.39 is 5.54 Å². The third kappa shape index (κ3) is 3.12. The molecule has 0 aromatic carbocycles. The van der Waals surface area contributed by atoms with Gasteiger partial charge in [0.05, 0.1) is 12.6 Å². The lowest BCUT2D eigenvalue weighted by atomic mass is 10.00. The lowest BCUT2D eigenvalue weighted by Crippen LogP contribution is -2.48. The molecule has 1 saturated carbocycles. The highest BCUT2D eigenvalue weighted by Gasteiger charge is 2.36. The molecule has 1 aliphatic carbocycles. The molecule has 21 heavy (non-hydrogen) atoms. The van der Waals surface area contributed by atoms with Crippen LogP contribution in [0.2, 0.25) is 0 Å². The second-order valence-electron chi connectivity index (χ2n) is 6.09. The second kappa shape index (κ2) is 6.17. The summed E-state index contributed by atoms with van der Waals surface area (Å²) in [7, 11) is 0. The fraction of sp³-hybridized carbons (Fsp3) is 0.625. The summed E-state index contributed by atoms with van der Waals surface area (Å²) in [6, 6.07) is 6.92. The van der Waals surface area contributed by atoms with Crippen molar-refractivity contribution in [3.63, 3.8) is 0 Å². The number of amides is 1. The predicted molar refractivity (Wildman–Crippen MR) is 82.8 cm³/mol. The van der Waals surface area contributed by atoms with Crippen molar-refractivity contribution in [2.75, 3.05) is 13.1 Å². The van der Waals surface area contributed by atoms with Crippen LogP contribution >= 0.6 is 11.3 Å². The van der Waals surface area contributed by atoms with E-state index in [4.69, 9.17) is 0 Å². The standard InChI is InChI=1S/C16H21N3OS/c17-12-16(7-1-2-8-16)18-15(20)11-19-9-3-5-13(19)14-6-4-10-21-14/h4,6,10,13H,1-3,5,7-9,11H2,(H,18,20)/t13-/m1/s1. The fourth-order valence-corrected chi connectivity index (χ4v) is 4.45. The number of thiophene rings is 1. The molecular weight excluding hydrogens is 282 g/mol. The molecule has 1 aromatic heterocycles. The van der Waals surface area contributed by atoms with Gasteiger partial charge >= 0.3 is 0 Å². The van der Waals surface area contributed by atoms with Crippen LogP contribution in [0.4, 0.5) is 0 Å². The van der Waals surface area contributed by atoms with Gasteiger partial charge in [-0.3, -0.25) is 9.69 Å². The first-order valence-electron chi connectivity index (χ1n) is 7.72. The van der Waals surface area contributed by atoms with Crippen molar-refractivity contribution in [2.45, 2.75) is 50.1 Å². The second-order valence-corrected chi connectivity index (χ2v) is 7.07. The molecule has 0 radical (unpaired) electrons. The molecule has 0 spiro atoms. The molecule has 1 N–H and O–H groups in total. The molecule has 0 unspecified atom stereocenters. The summed E-state index contributed by atoms with van der Waals surface area (Å²) < 4.78 is 0. The van der Waals surface area contributed by atoms with Gasteiger partial charge in [-0.15, -0.1) is 11.3 Å². The van der Waals surface area contributed by atoms with Gasteiger partial charge in [0.25, 0.3) is 0 Å². The minimum absolute atomic E-state index is 0.00176. The summed E-state index contributed by atoms with van der Waals surface area (Å²) in [5, 5.41) is 14.4. The number of likely N-dealkylation sites (tertiary alicyclic amines) is 1. The van der Waals surface area contributed by atoms with E-state index in [9.17, 15) is 10.1 Å². The highest BCUT2D eigenvalue weighted by Crippen LogP contribution is 2.34. The van der Waals surface area contributed by atoms with Crippen LogP contribution in [-0.4, -0.2) is 29.4 Å². The highest BCUT2D eigenvalue weighted by molar-refractivity contribution is 7.10. The summed E-state index contributed by atoms with van der Waals surface area (Å²) in [5.74, 6) is 0.00176. The zero-order chi connectivity index (χ0) is 14.7. The minimum atomic E-state index is -0.602. The molecule has 1 amide bonds. The Labute approximate surface area is 129 Å². The monoisotopic (exact) mass is 303 g/mol. The van der Waals surface area contributed by atoms with Crippen LogP contribution in [0, 0.1) is 11.3 Å². The molecule has 1 saturated heterocycles. The van der Waals surface area contributed by atoms with Gasteiger partial charge in [-0.05, 0) is 56.5 Å². The van der Waals surface area contributed by atoms with E-state index in [1.165, 1.54) is 4.88 Å². The summed E-state index contributed by atoms with van der Waals surface area (Å²) in [6.45, 7) is 1.38. The highest BCUT2D eigenvalue weighted by atomic mass is 32.1. The maximum absolute atomic E-state index is 12.3. The van der Waals surface area contributed by atoms with E-state index in [1.807, 2.05) is 0 Å². The van der Waals surface area contributed by atoms with E-state index in [1.54, 1.807) is 11.3 Å². The Bertz CT molecular complexity index is 528. The van der Waals surface area contributed by atoms with Crippen molar-refractivity contribution in [2.24, 2.45) is 0 Å². The van der Waals surface area contributed by atoms with E-state index in [0.717, 1.165) is 45.1 Å². The number of rotatable bonds is 4.